The molecule has 5 nitrogen and oxygen atoms in total. The van der Waals surface area contributed by atoms with Gasteiger partial charge in [-0.05, 0) is 54.5 Å². The van der Waals surface area contributed by atoms with E-state index < -0.39 is 0 Å². The van der Waals surface area contributed by atoms with Crippen LogP contribution in [0, 0.1) is 0 Å². The summed E-state index contributed by atoms with van der Waals surface area (Å²) >= 11 is 0. The van der Waals surface area contributed by atoms with Gasteiger partial charge >= 0.3 is 0 Å². The third-order valence-electron chi connectivity index (χ3n) is 4.17. The van der Waals surface area contributed by atoms with E-state index in [1.807, 2.05) is 0 Å². The lowest BCUT2D eigenvalue weighted by molar-refractivity contribution is -0.117. The van der Waals surface area contributed by atoms with Crippen LogP contribution in [0.5, 0.6) is 11.5 Å². The Morgan fingerprint density at radius 1 is 1.20 bits per heavy atom. The van der Waals surface area contributed by atoms with Crippen molar-refractivity contribution in [3.8, 4) is 11.5 Å². The number of hydrogen-bond acceptors (Lipinski definition) is 4. The number of methoxy groups -OCH3 is 1. The van der Waals surface area contributed by atoms with Crippen LogP contribution >= 0.6 is 0 Å². The second-order valence-corrected chi connectivity index (χ2v) is 5.82. The second-order valence-electron chi connectivity index (χ2n) is 5.82. The molecule has 1 aliphatic heterocycles. The first-order chi connectivity index (χ1) is 12.1. The van der Waals surface area contributed by atoms with E-state index in [4.69, 9.17) is 4.74 Å². The number of amides is 1. The summed E-state index contributed by atoms with van der Waals surface area (Å²) in [6.45, 7) is 0.729. The predicted molar refractivity (Wildman–Crippen MR) is 96.1 cm³/mol. The molecule has 0 spiro atoms. The van der Waals surface area contributed by atoms with Crippen molar-refractivity contribution in [1.82, 2.24) is 0 Å². The molecular formula is C20H19NO4. The lowest BCUT2D eigenvalue weighted by Crippen LogP contribution is -2.23. The molecule has 1 heterocycles. The molecule has 3 rings (SSSR count). The molecule has 1 saturated heterocycles. The van der Waals surface area contributed by atoms with Crippen LogP contribution in [0.15, 0.2) is 48.5 Å². The number of hydrogen-bond donors (Lipinski definition) is 1. The molecule has 0 bridgehead atoms. The highest BCUT2D eigenvalue weighted by Gasteiger charge is 2.21. The summed E-state index contributed by atoms with van der Waals surface area (Å²) in [5, 5.41) is 9.75. The third-order valence-corrected chi connectivity index (χ3v) is 4.17. The molecule has 2 aromatic rings. The molecule has 0 unspecified atom stereocenters. The SMILES string of the molecule is COc1ccc(C=CC(=O)c2ccc(N3CCCC3=O)cc2)cc1O. The average Bonchev–Trinajstić information content (AvgIpc) is 3.06. The number of phenolic OH excluding ortho intramolecular Hbond substituents is 1. The standard InChI is InChI=1S/C20H19NO4/c1-25-19-11-5-14(13-18(19)23)4-10-17(22)15-6-8-16(9-7-15)21-12-2-3-20(21)24/h4-11,13,23H,2-3,12H2,1H3. The van der Waals surface area contributed by atoms with Gasteiger partial charge in [-0.2, -0.15) is 0 Å². The zero-order valence-electron chi connectivity index (χ0n) is 13.9. The lowest BCUT2D eigenvalue weighted by atomic mass is 10.1. The molecule has 128 valence electrons. The summed E-state index contributed by atoms with van der Waals surface area (Å²) in [5.41, 5.74) is 2.07. The molecular weight excluding hydrogens is 318 g/mol. The molecule has 1 N–H and O–H groups in total. The summed E-state index contributed by atoms with van der Waals surface area (Å²) in [5.74, 6) is 0.389. The fraction of sp³-hybridized carbons (Fsp3) is 0.200. The van der Waals surface area contributed by atoms with Crippen molar-refractivity contribution >= 4 is 23.5 Å². The quantitative estimate of drug-likeness (QED) is 0.670. The fourth-order valence-corrected chi connectivity index (χ4v) is 2.81. The van der Waals surface area contributed by atoms with Gasteiger partial charge in [-0.15, -0.1) is 0 Å². The monoisotopic (exact) mass is 337 g/mol. The minimum atomic E-state index is -0.144. The Kier molecular flexibility index (Phi) is 4.84. The molecule has 1 amide bonds. The van der Waals surface area contributed by atoms with Crippen molar-refractivity contribution in [3.63, 3.8) is 0 Å². The Labute approximate surface area is 146 Å². The molecule has 0 saturated carbocycles. The van der Waals surface area contributed by atoms with E-state index in [-0.39, 0.29) is 17.4 Å². The number of ketones is 1. The number of carbonyl (C=O) groups excluding carboxylic acids is 2. The lowest BCUT2D eigenvalue weighted by Gasteiger charge is -2.15. The molecule has 5 heteroatoms. The predicted octanol–water partition coefficient (Wildman–Crippen LogP) is 3.42. The summed E-state index contributed by atoms with van der Waals surface area (Å²) in [6.07, 6.45) is 4.55. The van der Waals surface area contributed by atoms with Gasteiger partial charge in [0.25, 0.3) is 0 Å². The maximum atomic E-state index is 12.3. The second kappa shape index (κ2) is 7.21. The van der Waals surface area contributed by atoms with Crippen molar-refractivity contribution in [2.24, 2.45) is 0 Å². The molecule has 0 aromatic heterocycles. The van der Waals surface area contributed by atoms with Gasteiger partial charge in [0.15, 0.2) is 17.3 Å². The van der Waals surface area contributed by atoms with E-state index in [9.17, 15) is 14.7 Å². The molecule has 0 aliphatic carbocycles. The average molecular weight is 337 g/mol. The Morgan fingerprint density at radius 3 is 2.56 bits per heavy atom. The first-order valence-corrected chi connectivity index (χ1v) is 8.08. The van der Waals surface area contributed by atoms with Crippen LogP contribution in [0.2, 0.25) is 0 Å². The summed E-state index contributed by atoms with van der Waals surface area (Å²) in [6, 6.07) is 12.0. The third kappa shape index (κ3) is 3.71. The topological polar surface area (TPSA) is 66.8 Å². The van der Waals surface area contributed by atoms with Crippen LogP contribution in [0.4, 0.5) is 5.69 Å². The van der Waals surface area contributed by atoms with Crippen LogP contribution in [0.3, 0.4) is 0 Å². The first-order valence-electron chi connectivity index (χ1n) is 8.08. The summed E-state index contributed by atoms with van der Waals surface area (Å²) in [4.78, 5) is 25.8. The number of rotatable bonds is 5. The zero-order chi connectivity index (χ0) is 17.8. The van der Waals surface area contributed by atoms with Gasteiger partial charge in [0, 0.05) is 24.2 Å². The molecule has 0 radical (unpaired) electrons. The van der Waals surface area contributed by atoms with Gasteiger partial charge in [0.1, 0.15) is 0 Å². The largest absolute Gasteiger partial charge is 0.504 e. The highest BCUT2D eigenvalue weighted by molar-refractivity contribution is 6.07. The number of benzene rings is 2. The van der Waals surface area contributed by atoms with Crippen molar-refractivity contribution in [2.45, 2.75) is 12.8 Å². The molecule has 2 aromatic carbocycles. The van der Waals surface area contributed by atoms with Gasteiger partial charge < -0.3 is 14.7 Å². The smallest absolute Gasteiger partial charge is 0.227 e. The number of anilines is 1. The van der Waals surface area contributed by atoms with E-state index in [1.54, 1.807) is 47.4 Å². The van der Waals surface area contributed by atoms with Crippen LogP contribution in [-0.4, -0.2) is 30.5 Å². The number of aromatic hydroxyl groups is 1. The maximum absolute atomic E-state index is 12.3. The van der Waals surface area contributed by atoms with Crippen LogP contribution < -0.4 is 9.64 Å². The highest BCUT2D eigenvalue weighted by Crippen LogP contribution is 2.27. The minimum Gasteiger partial charge on any atom is -0.504 e. The minimum absolute atomic E-state index is 0.0248. The van der Waals surface area contributed by atoms with Gasteiger partial charge in [-0.3, -0.25) is 9.59 Å². The number of allylic oxidation sites excluding steroid dienone is 1. The van der Waals surface area contributed by atoms with E-state index >= 15 is 0 Å². The van der Waals surface area contributed by atoms with Crippen LogP contribution in [-0.2, 0) is 4.79 Å². The van der Waals surface area contributed by atoms with Crippen LogP contribution in [0.1, 0.15) is 28.8 Å². The van der Waals surface area contributed by atoms with Crippen molar-refractivity contribution < 1.29 is 19.4 Å². The number of phenols is 1. The van der Waals surface area contributed by atoms with Crippen molar-refractivity contribution in [3.05, 3.63) is 59.7 Å². The Balaban J connectivity index is 1.70. The van der Waals surface area contributed by atoms with E-state index in [2.05, 4.69) is 0 Å². The first kappa shape index (κ1) is 16.8. The number of ether oxygens (including phenoxy) is 1. The Hall–Kier alpha value is -3.08. The Bertz CT molecular complexity index is 824. The molecule has 1 aliphatic rings. The van der Waals surface area contributed by atoms with Gasteiger partial charge in [-0.25, -0.2) is 0 Å². The van der Waals surface area contributed by atoms with Gasteiger partial charge in [0.2, 0.25) is 5.91 Å². The summed E-state index contributed by atoms with van der Waals surface area (Å²) in [7, 11) is 1.48. The summed E-state index contributed by atoms with van der Waals surface area (Å²) < 4.78 is 4.99. The number of carbonyl (C=O) groups is 2. The van der Waals surface area contributed by atoms with E-state index in [0.29, 0.717) is 23.3 Å². The highest BCUT2D eigenvalue weighted by atomic mass is 16.5. The molecule has 0 atom stereocenters. The van der Waals surface area contributed by atoms with Crippen LogP contribution in [0.25, 0.3) is 6.08 Å². The maximum Gasteiger partial charge on any atom is 0.227 e. The Morgan fingerprint density at radius 2 is 1.96 bits per heavy atom. The zero-order valence-corrected chi connectivity index (χ0v) is 13.9. The number of nitrogens with zero attached hydrogens (tertiary/aromatic N) is 1. The normalized spacial score (nSPS) is 14.3. The van der Waals surface area contributed by atoms with E-state index in [1.165, 1.54) is 19.3 Å². The molecule has 25 heavy (non-hydrogen) atoms. The van der Waals surface area contributed by atoms with Crippen molar-refractivity contribution in [2.75, 3.05) is 18.6 Å². The molecule has 1 fully saturated rings. The fourth-order valence-electron chi connectivity index (χ4n) is 2.81. The van der Waals surface area contributed by atoms with Crippen molar-refractivity contribution in [1.29, 1.82) is 0 Å². The van der Waals surface area contributed by atoms with Gasteiger partial charge in [0.05, 0.1) is 7.11 Å². The van der Waals surface area contributed by atoms with Gasteiger partial charge in [-0.1, -0.05) is 12.1 Å². The van der Waals surface area contributed by atoms with E-state index in [0.717, 1.165) is 18.7 Å².